The van der Waals surface area contributed by atoms with Gasteiger partial charge in [0.15, 0.2) is 5.17 Å². The Labute approximate surface area is 238 Å². The summed E-state index contributed by atoms with van der Waals surface area (Å²) in [4.78, 5) is 50.1. The number of hydrogen-bond donors (Lipinski definition) is 2. The lowest BCUT2D eigenvalue weighted by atomic mass is 10.1. The van der Waals surface area contributed by atoms with E-state index in [-0.39, 0.29) is 30.6 Å². The molecule has 0 spiro atoms. The van der Waals surface area contributed by atoms with Crippen LogP contribution in [0.2, 0.25) is 0 Å². The van der Waals surface area contributed by atoms with Crippen molar-refractivity contribution in [2.75, 3.05) is 27.4 Å². The van der Waals surface area contributed by atoms with Crippen LogP contribution in [0.1, 0.15) is 43.7 Å². The number of nitrogens with zero attached hydrogens (tertiary/aromatic N) is 3. The third-order valence-electron chi connectivity index (χ3n) is 6.60. The molecule has 2 aliphatic heterocycles. The van der Waals surface area contributed by atoms with Gasteiger partial charge in [0.05, 0.1) is 18.0 Å². The monoisotopic (exact) mass is 565 g/mol. The predicted octanol–water partition coefficient (Wildman–Crippen LogP) is 3.41. The summed E-state index contributed by atoms with van der Waals surface area (Å²) in [7, 11) is 3.21. The normalized spacial score (nSPS) is 16.4. The highest BCUT2D eigenvalue weighted by atomic mass is 32.2. The first kappa shape index (κ1) is 29.3. The van der Waals surface area contributed by atoms with E-state index in [9.17, 15) is 14.4 Å². The van der Waals surface area contributed by atoms with E-state index in [1.54, 1.807) is 14.2 Å². The number of benzene rings is 2. The molecular formula is C29H35N5O5S. The van der Waals surface area contributed by atoms with Crippen molar-refractivity contribution in [3.05, 3.63) is 59.7 Å². The van der Waals surface area contributed by atoms with Crippen LogP contribution >= 0.6 is 11.8 Å². The first-order valence-electron chi connectivity index (χ1n) is 13.4. The molecule has 2 N–H and O–H groups in total. The Hall–Kier alpha value is -3.70. The number of hydrogen-bond acceptors (Lipinski definition) is 8. The van der Waals surface area contributed by atoms with Crippen molar-refractivity contribution in [2.45, 2.75) is 50.4 Å². The van der Waals surface area contributed by atoms with Crippen molar-refractivity contribution in [1.82, 2.24) is 15.5 Å². The summed E-state index contributed by atoms with van der Waals surface area (Å²) in [5, 5.41) is 5.83. The summed E-state index contributed by atoms with van der Waals surface area (Å²) >= 11 is 1.26. The van der Waals surface area contributed by atoms with E-state index in [0.717, 1.165) is 11.1 Å². The summed E-state index contributed by atoms with van der Waals surface area (Å²) in [6.45, 7) is 3.33. The summed E-state index contributed by atoms with van der Waals surface area (Å²) in [6.07, 6.45) is 1.67. The molecule has 0 aliphatic carbocycles. The molecule has 3 amide bonds. The van der Waals surface area contributed by atoms with Crippen LogP contribution in [0, 0.1) is 0 Å². The zero-order chi connectivity index (χ0) is 28.5. The van der Waals surface area contributed by atoms with Gasteiger partial charge >= 0.3 is 0 Å². The first-order chi connectivity index (χ1) is 19.5. The molecule has 2 heterocycles. The first-order valence-corrected chi connectivity index (χ1v) is 14.3. The minimum Gasteiger partial charge on any atom is -0.496 e. The minimum absolute atomic E-state index is 0.112. The lowest BCUT2D eigenvalue weighted by molar-refractivity contribution is -0.125. The summed E-state index contributed by atoms with van der Waals surface area (Å²) in [5.41, 5.74) is 2.31. The van der Waals surface area contributed by atoms with Gasteiger partial charge in [-0.1, -0.05) is 49.0 Å². The van der Waals surface area contributed by atoms with Gasteiger partial charge in [-0.3, -0.25) is 19.4 Å². The number of amides is 3. The Bertz CT molecular complexity index is 1300. The van der Waals surface area contributed by atoms with Crippen LogP contribution in [-0.4, -0.2) is 72.3 Å². The summed E-state index contributed by atoms with van der Waals surface area (Å²) in [5.74, 6) is 0.674. The van der Waals surface area contributed by atoms with Gasteiger partial charge in [0.25, 0.3) is 5.91 Å². The molecule has 11 heteroatoms. The van der Waals surface area contributed by atoms with Crippen LogP contribution in [0.3, 0.4) is 0 Å². The molecule has 0 unspecified atom stereocenters. The fourth-order valence-corrected chi connectivity index (χ4v) is 5.50. The van der Waals surface area contributed by atoms with Crippen molar-refractivity contribution >= 4 is 46.2 Å². The van der Waals surface area contributed by atoms with E-state index < -0.39 is 11.3 Å². The van der Waals surface area contributed by atoms with Gasteiger partial charge < -0.3 is 20.1 Å². The second-order valence-electron chi connectivity index (χ2n) is 9.33. The molecule has 0 aromatic heterocycles. The number of carbonyl (C=O) groups excluding carboxylic acids is 3. The highest BCUT2D eigenvalue weighted by Gasteiger charge is 2.42. The van der Waals surface area contributed by atoms with Crippen molar-refractivity contribution in [3.8, 4) is 5.75 Å². The molecule has 0 fully saturated rings. The third-order valence-corrected chi connectivity index (χ3v) is 7.91. The topological polar surface area (TPSA) is 122 Å². The standard InChI is InChI=1S/C29H35N5O5S/c1-4-24(27(36)30-16-9-17-38-2)40-29-33-21-12-7-6-11-20(21)26-32-22(28(37)34(26)29)14-15-25(35)31-18-19-10-5-8-13-23(19)39-3/h5-8,10-13,22,24H,4,9,14-18H2,1-3H3,(H,30,36)(H,31,35)/t22-,24+/m0/s1. The van der Waals surface area contributed by atoms with Crippen LogP contribution in [0.15, 0.2) is 58.5 Å². The number of carbonyl (C=O) groups is 3. The molecule has 4 rings (SSSR count). The number of para-hydroxylation sites is 2. The molecule has 2 aromatic carbocycles. The van der Waals surface area contributed by atoms with Crippen molar-refractivity contribution in [3.63, 3.8) is 0 Å². The van der Waals surface area contributed by atoms with Crippen LogP contribution in [-0.2, 0) is 25.7 Å². The molecule has 40 heavy (non-hydrogen) atoms. The van der Waals surface area contributed by atoms with Crippen molar-refractivity contribution in [2.24, 2.45) is 9.98 Å². The number of ether oxygens (including phenoxy) is 2. The lowest BCUT2D eigenvalue weighted by Crippen LogP contribution is -2.43. The van der Waals surface area contributed by atoms with Gasteiger partial charge in [0, 0.05) is 44.4 Å². The molecule has 0 saturated carbocycles. The molecule has 2 aromatic rings. The fraction of sp³-hybridized carbons (Fsp3) is 0.414. The fourth-order valence-electron chi connectivity index (χ4n) is 4.46. The van der Waals surface area contributed by atoms with E-state index in [4.69, 9.17) is 19.5 Å². The van der Waals surface area contributed by atoms with E-state index in [2.05, 4.69) is 10.6 Å². The summed E-state index contributed by atoms with van der Waals surface area (Å²) < 4.78 is 10.4. The number of amidine groups is 2. The second kappa shape index (κ2) is 14.1. The molecule has 2 atom stereocenters. The third kappa shape index (κ3) is 6.89. The van der Waals surface area contributed by atoms with Crippen molar-refractivity contribution < 1.29 is 23.9 Å². The number of thioether (sulfide) groups is 1. The Morgan fingerprint density at radius 1 is 1.10 bits per heavy atom. The Balaban J connectivity index is 1.43. The lowest BCUT2D eigenvalue weighted by Gasteiger charge is -2.27. The van der Waals surface area contributed by atoms with Gasteiger partial charge in [-0.05, 0) is 37.5 Å². The zero-order valence-corrected chi connectivity index (χ0v) is 23.8. The van der Waals surface area contributed by atoms with Crippen LogP contribution < -0.4 is 15.4 Å². The Morgan fingerprint density at radius 2 is 1.88 bits per heavy atom. The molecule has 2 aliphatic rings. The largest absolute Gasteiger partial charge is 0.496 e. The van der Waals surface area contributed by atoms with E-state index in [1.165, 1.54) is 16.7 Å². The van der Waals surface area contributed by atoms with Crippen molar-refractivity contribution in [1.29, 1.82) is 0 Å². The maximum Gasteiger partial charge on any atom is 0.259 e. The Kier molecular flexibility index (Phi) is 10.3. The van der Waals surface area contributed by atoms with E-state index >= 15 is 0 Å². The van der Waals surface area contributed by atoms with E-state index in [0.29, 0.717) is 55.0 Å². The quantitative estimate of drug-likeness (QED) is 0.359. The van der Waals surface area contributed by atoms with Crippen LogP contribution in [0.25, 0.3) is 0 Å². The smallest absolute Gasteiger partial charge is 0.259 e. The van der Waals surface area contributed by atoms with Gasteiger partial charge in [-0.2, -0.15) is 0 Å². The molecule has 0 radical (unpaired) electrons. The highest BCUT2D eigenvalue weighted by molar-refractivity contribution is 8.15. The second-order valence-corrected chi connectivity index (χ2v) is 10.5. The maximum absolute atomic E-state index is 13.6. The SMILES string of the molecule is CC[C@@H](SC1=Nc2ccccc2C2=N[C@@H](CCC(=O)NCc3ccccc3OC)C(=O)N12)C(=O)NCCCOC. The number of methoxy groups -OCH3 is 2. The van der Waals surface area contributed by atoms with E-state index in [1.807, 2.05) is 55.5 Å². The van der Waals surface area contributed by atoms with Gasteiger partial charge in [0.2, 0.25) is 11.8 Å². The van der Waals surface area contributed by atoms with Crippen LogP contribution in [0.5, 0.6) is 5.75 Å². The zero-order valence-electron chi connectivity index (χ0n) is 23.0. The average Bonchev–Trinajstić information content (AvgIpc) is 3.32. The highest BCUT2D eigenvalue weighted by Crippen LogP contribution is 2.35. The predicted molar refractivity (Wildman–Crippen MR) is 156 cm³/mol. The molecule has 0 saturated heterocycles. The molecule has 10 nitrogen and oxygen atoms in total. The maximum atomic E-state index is 13.6. The van der Waals surface area contributed by atoms with Gasteiger partial charge in [0.1, 0.15) is 17.6 Å². The summed E-state index contributed by atoms with van der Waals surface area (Å²) in [6, 6.07) is 14.3. The number of rotatable bonds is 13. The van der Waals surface area contributed by atoms with Gasteiger partial charge in [-0.25, -0.2) is 9.89 Å². The number of nitrogens with one attached hydrogen (secondary N) is 2. The van der Waals surface area contributed by atoms with Crippen LogP contribution in [0.4, 0.5) is 5.69 Å². The average molecular weight is 566 g/mol. The van der Waals surface area contributed by atoms with Gasteiger partial charge in [-0.15, -0.1) is 0 Å². The number of aliphatic imine (C=N–C) groups is 2. The molecule has 212 valence electrons. The molecule has 0 bridgehead atoms. The minimum atomic E-state index is -0.716. The Morgan fingerprint density at radius 3 is 2.65 bits per heavy atom. The number of fused-ring (bicyclic) bond motifs is 3. The molecular weight excluding hydrogens is 530 g/mol.